The summed E-state index contributed by atoms with van der Waals surface area (Å²) in [7, 11) is 1.77. The molecule has 1 saturated heterocycles. The molecular weight excluding hydrogens is 252 g/mol. The van der Waals surface area contributed by atoms with Crippen molar-refractivity contribution in [1.29, 1.82) is 0 Å². The lowest BCUT2D eigenvalue weighted by Crippen LogP contribution is -2.35. The molecule has 4 nitrogen and oxygen atoms in total. The summed E-state index contributed by atoms with van der Waals surface area (Å²) in [5, 5.41) is 9.42. The van der Waals surface area contributed by atoms with E-state index in [1.54, 1.807) is 7.11 Å². The monoisotopic (exact) mass is 278 g/mol. The van der Waals surface area contributed by atoms with Crippen molar-refractivity contribution in [3.63, 3.8) is 0 Å². The van der Waals surface area contributed by atoms with Crippen LogP contribution in [0.5, 0.6) is 0 Å². The van der Waals surface area contributed by atoms with Crippen LogP contribution in [-0.2, 0) is 11.3 Å². The summed E-state index contributed by atoms with van der Waals surface area (Å²) in [6.07, 6.45) is 2.30. The van der Waals surface area contributed by atoms with Crippen molar-refractivity contribution in [2.75, 3.05) is 31.7 Å². The quantitative estimate of drug-likeness (QED) is 0.899. The van der Waals surface area contributed by atoms with Crippen LogP contribution in [-0.4, -0.2) is 36.9 Å². The van der Waals surface area contributed by atoms with Crippen LogP contribution in [0.15, 0.2) is 12.1 Å². The SMILES string of the molecule is COCC1CCN(c2cc(CO)cc(C(C)C)n2)CC1. The standard InChI is InChI=1S/C16H26N2O2/c1-12(2)15-8-14(10-19)9-16(17-15)18-6-4-13(5-7-18)11-20-3/h8-9,12-13,19H,4-7,10-11H2,1-3H3. The molecule has 0 aliphatic carbocycles. The Balaban J connectivity index is 2.10. The maximum absolute atomic E-state index is 9.42. The maximum atomic E-state index is 9.42. The number of hydrogen-bond donors (Lipinski definition) is 1. The number of ether oxygens (including phenoxy) is 1. The van der Waals surface area contributed by atoms with Crippen LogP contribution in [0.3, 0.4) is 0 Å². The van der Waals surface area contributed by atoms with Gasteiger partial charge in [-0.1, -0.05) is 13.8 Å². The zero-order valence-corrected chi connectivity index (χ0v) is 12.8. The van der Waals surface area contributed by atoms with E-state index in [1.807, 2.05) is 12.1 Å². The van der Waals surface area contributed by atoms with Gasteiger partial charge in [0.25, 0.3) is 0 Å². The molecule has 1 aliphatic rings. The Bertz CT molecular complexity index is 426. The molecule has 0 bridgehead atoms. The van der Waals surface area contributed by atoms with E-state index in [1.165, 1.54) is 0 Å². The van der Waals surface area contributed by atoms with E-state index >= 15 is 0 Å². The average molecular weight is 278 g/mol. The summed E-state index contributed by atoms with van der Waals surface area (Å²) in [5.74, 6) is 2.06. The summed E-state index contributed by atoms with van der Waals surface area (Å²) in [4.78, 5) is 7.09. The summed E-state index contributed by atoms with van der Waals surface area (Å²) in [5.41, 5.74) is 2.02. The van der Waals surface area contributed by atoms with Gasteiger partial charge in [-0.15, -0.1) is 0 Å². The van der Waals surface area contributed by atoms with Crippen molar-refractivity contribution < 1.29 is 9.84 Å². The van der Waals surface area contributed by atoms with Crippen molar-refractivity contribution in [2.45, 2.75) is 39.2 Å². The summed E-state index contributed by atoms with van der Waals surface area (Å²) in [6, 6.07) is 4.02. The van der Waals surface area contributed by atoms with Crippen molar-refractivity contribution in [3.8, 4) is 0 Å². The van der Waals surface area contributed by atoms with Gasteiger partial charge in [-0.2, -0.15) is 0 Å². The van der Waals surface area contributed by atoms with Crippen LogP contribution in [0.2, 0.25) is 0 Å². The van der Waals surface area contributed by atoms with Gasteiger partial charge in [-0.05, 0) is 42.4 Å². The molecular formula is C16H26N2O2. The fourth-order valence-corrected chi connectivity index (χ4v) is 2.71. The number of aromatic nitrogens is 1. The normalized spacial score (nSPS) is 16.9. The number of piperidine rings is 1. The van der Waals surface area contributed by atoms with E-state index in [0.717, 1.165) is 49.6 Å². The highest BCUT2D eigenvalue weighted by Gasteiger charge is 2.20. The van der Waals surface area contributed by atoms with Gasteiger partial charge in [0.1, 0.15) is 5.82 Å². The van der Waals surface area contributed by atoms with Crippen LogP contribution in [0.25, 0.3) is 0 Å². The molecule has 1 aromatic heterocycles. The Kier molecular flexibility index (Phi) is 5.38. The number of pyridine rings is 1. The van der Waals surface area contributed by atoms with Gasteiger partial charge in [0.05, 0.1) is 6.61 Å². The van der Waals surface area contributed by atoms with Gasteiger partial charge in [0, 0.05) is 32.5 Å². The molecule has 112 valence electrons. The third kappa shape index (κ3) is 3.70. The lowest BCUT2D eigenvalue weighted by molar-refractivity contribution is 0.139. The molecule has 0 spiro atoms. The van der Waals surface area contributed by atoms with Crippen molar-refractivity contribution in [2.24, 2.45) is 5.92 Å². The third-order valence-electron chi connectivity index (χ3n) is 4.01. The molecule has 0 amide bonds. The van der Waals surface area contributed by atoms with Crippen LogP contribution in [0, 0.1) is 5.92 Å². The van der Waals surface area contributed by atoms with Gasteiger partial charge in [-0.25, -0.2) is 4.98 Å². The Morgan fingerprint density at radius 3 is 2.60 bits per heavy atom. The second kappa shape index (κ2) is 7.04. The van der Waals surface area contributed by atoms with E-state index in [4.69, 9.17) is 9.72 Å². The lowest BCUT2D eigenvalue weighted by Gasteiger charge is -2.33. The second-order valence-corrected chi connectivity index (χ2v) is 5.96. The molecule has 0 radical (unpaired) electrons. The van der Waals surface area contributed by atoms with Gasteiger partial charge in [0.2, 0.25) is 0 Å². The van der Waals surface area contributed by atoms with Crippen LogP contribution in [0.4, 0.5) is 5.82 Å². The zero-order valence-electron chi connectivity index (χ0n) is 12.8. The minimum atomic E-state index is 0.0787. The van der Waals surface area contributed by atoms with Crippen LogP contribution in [0.1, 0.15) is 43.9 Å². The molecule has 4 heteroatoms. The van der Waals surface area contributed by atoms with Gasteiger partial charge in [-0.3, -0.25) is 0 Å². The van der Waals surface area contributed by atoms with Crippen molar-refractivity contribution in [1.82, 2.24) is 4.98 Å². The predicted molar refractivity (Wildman–Crippen MR) is 81.1 cm³/mol. The first-order chi connectivity index (χ1) is 9.63. The highest BCUT2D eigenvalue weighted by atomic mass is 16.5. The smallest absolute Gasteiger partial charge is 0.129 e. The zero-order chi connectivity index (χ0) is 14.5. The Morgan fingerprint density at radius 1 is 1.35 bits per heavy atom. The number of aliphatic hydroxyl groups excluding tert-OH is 1. The number of nitrogens with zero attached hydrogens (tertiary/aromatic N) is 2. The first-order valence-corrected chi connectivity index (χ1v) is 7.49. The largest absolute Gasteiger partial charge is 0.392 e. The molecule has 0 atom stereocenters. The van der Waals surface area contributed by atoms with E-state index in [9.17, 15) is 5.11 Å². The number of methoxy groups -OCH3 is 1. The highest BCUT2D eigenvalue weighted by molar-refractivity contribution is 5.43. The molecule has 0 unspecified atom stereocenters. The molecule has 1 fully saturated rings. The first kappa shape index (κ1) is 15.3. The van der Waals surface area contributed by atoms with Gasteiger partial charge < -0.3 is 14.7 Å². The molecule has 20 heavy (non-hydrogen) atoms. The fourth-order valence-electron chi connectivity index (χ4n) is 2.71. The molecule has 0 aromatic carbocycles. The summed E-state index contributed by atoms with van der Waals surface area (Å²) >= 11 is 0. The topological polar surface area (TPSA) is 45.6 Å². The number of anilines is 1. The fraction of sp³-hybridized carbons (Fsp3) is 0.688. The highest BCUT2D eigenvalue weighted by Crippen LogP contribution is 2.25. The summed E-state index contributed by atoms with van der Waals surface area (Å²) < 4.78 is 5.24. The number of aliphatic hydroxyl groups is 1. The molecule has 2 heterocycles. The summed E-state index contributed by atoms with van der Waals surface area (Å²) in [6.45, 7) is 7.25. The number of hydrogen-bond acceptors (Lipinski definition) is 4. The minimum Gasteiger partial charge on any atom is -0.392 e. The third-order valence-corrected chi connectivity index (χ3v) is 4.01. The van der Waals surface area contributed by atoms with Gasteiger partial charge in [0.15, 0.2) is 0 Å². The minimum absolute atomic E-state index is 0.0787. The average Bonchev–Trinajstić information content (AvgIpc) is 2.47. The van der Waals surface area contributed by atoms with Crippen molar-refractivity contribution in [3.05, 3.63) is 23.4 Å². The predicted octanol–water partition coefficient (Wildman–Crippen LogP) is 2.56. The van der Waals surface area contributed by atoms with E-state index in [0.29, 0.717) is 11.8 Å². The number of rotatable bonds is 5. The Hall–Kier alpha value is -1.13. The van der Waals surface area contributed by atoms with Crippen LogP contribution < -0.4 is 4.90 Å². The van der Waals surface area contributed by atoms with E-state index in [-0.39, 0.29) is 6.61 Å². The van der Waals surface area contributed by atoms with E-state index in [2.05, 4.69) is 18.7 Å². The molecule has 1 N–H and O–H groups in total. The van der Waals surface area contributed by atoms with Crippen LogP contribution >= 0.6 is 0 Å². The van der Waals surface area contributed by atoms with Gasteiger partial charge >= 0.3 is 0 Å². The molecule has 1 aromatic rings. The molecule has 1 aliphatic heterocycles. The van der Waals surface area contributed by atoms with Crippen molar-refractivity contribution >= 4 is 5.82 Å². The Labute approximate surface area is 121 Å². The molecule has 2 rings (SSSR count). The second-order valence-electron chi connectivity index (χ2n) is 5.96. The lowest BCUT2D eigenvalue weighted by atomic mass is 9.97. The first-order valence-electron chi connectivity index (χ1n) is 7.49. The van der Waals surface area contributed by atoms with E-state index < -0.39 is 0 Å². The Morgan fingerprint density at radius 2 is 2.05 bits per heavy atom. The maximum Gasteiger partial charge on any atom is 0.129 e. The molecule has 0 saturated carbocycles.